The average molecular weight is 229 g/mol. The van der Waals surface area contributed by atoms with Crippen LogP contribution in [0.3, 0.4) is 0 Å². The Kier molecular flexibility index (Phi) is 3.38. The van der Waals surface area contributed by atoms with Crippen LogP contribution in [0.25, 0.3) is 10.8 Å². The summed E-state index contributed by atoms with van der Waals surface area (Å²) in [6, 6.07) is 9.98. The van der Waals surface area contributed by atoms with Crippen LogP contribution in [0.2, 0.25) is 0 Å². The SMILES string of the molecule is CC[C@H](OC(C)=O)c1cc2ccccc2cn1. The largest absolute Gasteiger partial charge is 0.456 e. The van der Waals surface area contributed by atoms with E-state index in [0.29, 0.717) is 0 Å². The number of esters is 1. The van der Waals surface area contributed by atoms with Crippen LogP contribution < -0.4 is 0 Å². The zero-order valence-corrected chi connectivity index (χ0v) is 10.0. The Morgan fingerprint density at radius 2 is 2.06 bits per heavy atom. The maximum Gasteiger partial charge on any atom is 0.303 e. The Labute approximate surface area is 100 Å². The molecule has 1 aromatic heterocycles. The van der Waals surface area contributed by atoms with E-state index in [1.165, 1.54) is 6.92 Å². The summed E-state index contributed by atoms with van der Waals surface area (Å²) in [5.41, 5.74) is 0.807. The molecule has 0 aliphatic rings. The van der Waals surface area contributed by atoms with E-state index in [9.17, 15) is 4.79 Å². The lowest BCUT2D eigenvalue weighted by atomic mass is 10.1. The lowest BCUT2D eigenvalue weighted by Gasteiger charge is -2.14. The molecule has 0 amide bonds. The molecule has 1 aromatic carbocycles. The second-order valence-electron chi connectivity index (χ2n) is 3.96. The molecule has 0 N–H and O–H groups in total. The van der Waals surface area contributed by atoms with Gasteiger partial charge >= 0.3 is 5.97 Å². The third-order valence-electron chi connectivity index (χ3n) is 2.66. The van der Waals surface area contributed by atoms with Crippen LogP contribution in [0.15, 0.2) is 36.5 Å². The molecule has 0 saturated carbocycles. The Morgan fingerprint density at radius 3 is 2.71 bits per heavy atom. The fraction of sp³-hybridized carbons (Fsp3) is 0.286. The molecule has 17 heavy (non-hydrogen) atoms. The van der Waals surface area contributed by atoms with Gasteiger partial charge in [-0.05, 0) is 17.9 Å². The number of aromatic nitrogens is 1. The molecular formula is C14H15NO2. The van der Waals surface area contributed by atoms with E-state index in [0.717, 1.165) is 22.9 Å². The van der Waals surface area contributed by atoms with Crippen LogP contribution in [0, 0.1) is 0 Å². The number of hydrogen-bond donors (Lipinski definition) is 0. The van der Waals surface area contributed by atoms with Gasteiger partial charge in [0.25, 0.3) is 0 Å². The highest BCUT2D eigenvalue weighted by Crippen LogP contribution is 2.22. The lowest BCUT2D eigenvalue weighted by Crippen LogP contribution is -2.09. The van der Waals surface area contributed by atoms with E-state index in [-0.39, 0.29) is 12.1 Å². The summed E-state index contributed by atoms with van der Waals surface area (Å²) in [6.45, 7) is 3.40. The fourth-order valence-electron chi connectivity index (χ4n) is 1.83. The molecular weight excluding hydrogens is 214 g/mol. The number of fused-ring (bicyclic) bond motifs is 1. The molecule has 1 heterocycles. The first kappa shape index (κ1) is 11.6. The van der Waals surface area contributed by atoms with Gasteiger partial charge in [0.2, 0.25) is 0 Å². The lowest BCUT2D eigenvalue weighted by molar-refractivity contribution is -0.147. The number of carbonyl (C=O) groups excluding carboxylic acids is 1. The number of nitrogens with zero attached hydrogens (tertiary/aromatic N) is 1. The van der Waals surface area contributed by atoms with Gasteiger partial charge < -0.3 is 4.74 Å². The van der Waals surface area contributed by atoms with E-state index < -0.39 is 0 Å². The summed E-state index contributed by atoms with van der Waals surface area (Å²) in [5.74, 6) is -0.271. The molecule has 0 aliphatic heterocycles. The molecule has 0 saturated heterocycles. The minimum Gasteiger partial charge on any atom is -0.456 e. The van der Waals surface area contributed by atoms with Crippen LogP contribution >= 0.6 is 0 Å². The molecule has 2 rings (SSSR count). The zero-order chi connectivity index (χ0) is 12.3. The summed E-state index contributed by atoms with van der Waals surface area (Å²) in [7, 11) is 0. The summed E-state index contributed by atoms with van der Waals surface area (Å²) in [4.78, 5) is 15.4. The van der Waals surface area contributed by atoms with Crippen LogP contribution in [-0.4, -0.2) is 11.0 Å². The first-order valence-corrected chi connectivity index (χ1v) is 5.72. The molecule has 0 spiro atoms. The third-order valence-corrected chi connectivity index (χ3v) is 2.66. The topological polar surface area (TPSA) is 39.2 Å². The van der Waals surface area contributed by atoms with E-state index in [4.69, 9.17) is 4.74 Å². The highest BCUT2D eigenvalue weighted by Gasteiger charge is 2.14. The molecule has 3 nitrogen and oxygen atoms in total. The van der Waals surface area contributed by atoms with Gasteiger partial charge in [-0.3, -0.25) is 9.78 Å². The quantitative estimate of drug-likeness (QED) is 0.758. The second-order valence-corrected chi connectivity index (χ2v) is 3.96. The van der Waals surface area contributed by atoms with Crippen molar-refractivity contribution < 1.29 is 9.53 Å². The molecule has 3 heteroatoms. The van der Waals surface area contributed by atoms with Gasteiger partial charge in [0.05, 0.1) is 5.69 Å². The molecule has 2 aromatic rings. The molecule has 88 valence electrons. The number of benzene rings is 1. The fourth-order valence-corrected chi connectivity index (χ4v) is 1.83. The summed E-state index contributed by atoms with van der Waals surface area (Å²) in [6.07, 6.45) is 2.29. The van der Waals surface area contributed by atoms with Crippen molar-refractivity contribution in [1.82, 2.24) is 4.98 Å². The third kappa shape index (κ3) is 2.61. The van der Waals surface area contributed by atoms with Gasteiger partial charge in [0, 0.05) is 18.5 Å². The second kappa shape index (κ2) is 4.95. The first-order valence-electron chi connectivity index (χ1n) is 5.72. The predicted molar refractivity (Wildman–Crippen MR) is 66.5 cm³/mol. The van der Waals surface area contributed by atoms with E-state index >= 15 is 0 Å². The monoisotopic (exact) mass is 229 g/mol. The van der Waals surface area contributed by atoms with E-state index in [2.05, 4.69) is 4.98 Å². The van der Waals surface area contributed by atoms with Crippen molar-refractivity contribution in [2.75, 3.05) is 0 Å². The number of ether oxygens (including phenoxy) is 1. The van der Waals surface area contributed by atoms with Gasteiger partial charge in [-0.2, -0.15) is 0 Å². The Balaban J connectivity index is 2.37. The van der Waals surface area contributed by atoms with Crippen molar-refractivity contribution in [3.05, 3.63) is 42.2 Å². The smallest absolute Gasteiger partial charge is 0.303 e. The van der Waals surface area contributed by atoms with Crippen LogP contribution in [0.1, 0.15) is 32.1 Å². The number of carbonyl (C=O) groups is 1. The molecule has 0 fully saturated rings. The molecule has 0 radical (unpaired) electrons. The van der Waals surface area contributed by atoms with E-state index in [1.807, 2.05) is 43.5 Å². The number of hydrogen-bond acceptors (Lipinski definition) is 3. The Bertz CT molecular complexity index is 536. The highest BCUT2D eigenvalue weighted by molar-refractivity contribution is 5.81. The van der Waals surface area contributed by atoms with Gasteiger partial charge in [-0.15, -0.1) is 0 Å². The predicted octanol–water partition coefficient (Wildman–Crippen LogP) is 3.25. The van der Waals surface area contributed by atoms with Crippen LogP contribution in [-0.2, 0) is 9.53 Å². The minimum atomic E-state index is -0.271. The first-order chi connectivity index (χ1) is 8.20. The number of rotatable bonds is 3. The maximum atomic E-state index is 11.0. The van der Waals surface area contributed by atoms with Crippen molar-refractivity contribution >= 4 is 16.7 Å². The maximum absolute atomic E-state index is 11.0. The Morgan fingerprint density at radius 1 is 1.35 bits per heavy atom. The van der Waals surface area contributed by atoms with Crippen molar-refractivity contribution in [2.45, 2.75) is 26.4 Å². The summed E-state index contributed by atoms with van der Waals surface area (Å²) in [5, 5.41) is 2.21. The van der Waals surface area contributed by atoms with Gasteiger partial charge in [0.1, 0.15) is 6.10 Å². The highest BCUT2D eigenvalue weighted by atomic mass is 16.5. The molecule has 1 atom stereocenters. The van der Waals surface area contributed by atoms with Gasteiger partial charge in [0.15, 0.2) is 0 Å². The summed E-state index contributed by atoms with van der Waals surface area (Å²) < 4.78 is 5.23. The number of pyridine rings is 1. The van der Waals surface area contributed by atoms with Gasteiger partial charge in [-0.25, -0.2) is 0 Å². The standard InChI is InChI=1S/C14H15NO2/c1-3-14(17-10(2)16)13-8-11-6-4-5-7-12(11)9-15-13/h4-9,14H,3H2,1-2H3/t14-/m0/s1. The van der Waals surface area contributed by atoms with Crippen molar-refractivity contribution in [3.8, 4) is 0 Å². The normalized spacial score (nSPS) is 12.4. The molecule has 0 bridgehead atoms. The molecule has 0 aliphatic carbocycles. The Hall–Kier alpha value is -1.90. The minimum absolute atomic E-state index is 0.253. The summed E-state index contributed by atoms with van der Waals surface area (Å²) >= 11 is 0. The van der Waals surface area contributed by atoms with Crippen molar-refractivity contribution in [3.63, 3.8) is 0 Å². The molecule has 0 unspecified atom stereocenters. The van der Waals surface area contributed by atoms with Crippen LogP contribution in [0.4, 0.5) is 0 Å². The van der Waals surface area contributed by atoms with Crippen molar-refractivity contribution in [1.29, 1.82) is 0 Å². The van der Waals surface area contributed by atoms with Crippen molar-refractivity contribution in [2.24, 2.45) is 0 Å². The van der Waals surface area contributed by atoms with Crippen LogP contribution in [0.5, 0.6) is 0 Å². The zero-order valence-electron chi connectivity index (χ0n) is 10.0. The van der Waals surface area contributed by atoms with E-state index in [1.54, 1.807) is 0 Å². The van der Waals surface area contributed by atoms with Gasteiger partial charge in [-0.1, -0.05) is 31.2 Å². The average Bonchev–Trinajstić information content (AvgIpc) is 2.35.